The van der Waals surface area contributed by atoms with Gasteiger partial charge in [-0.05, 0) is 0 Å². The summed E-state index contributed by atoms with van der Waals surface area (Å²) < 4.78 is 4.06. The normalized spacial score (nSPS) is 9.00. The van der Waals surface area contributed by atoms with Gasteiger partial charge in [0.15, 0.2) is 0 Å². The molecule has 0 heterocycles. The van der Waals surface area contributed by atoms with E-state index >= 15 is 0 Å². The van der Waals surface area contributed by atoms with Crippen molar-refractivity contribution in [2.75, 3.05) is 7.11 Å². The van der Waals surface area contributed by atoms with E-state index in [0.717, 1.165) is 7.11 Å². The molecular weight excluding hydrogens is 145 g/mol. The first kappa shape index (κ1) is 12.2. The summed E-state index contributed by atoms with van der Waals surface area (Å²) in [5.74, 6) is -1.59. The van der Waals surface area contributed by atoms with Gasteiger partial charge in [-0.3, -0.25) is 0 Å². The van der Waals surface area contributed by atoms with E-state index in [-0.39, 0.29) is 29.6 Å². The van der Waals surface area contributed by atoms with E-state index in [0.29, 0.717) is 6.08 Å². The molecule has 4 nitrogen and oxygen atoms in total. The summed E-state index contributed by atoms with van der Waals surface area (Å²) in [6.07, 6.45) is 0.700. The van der Waals surface area contributed by atoms with Gasteiger partial charge < -0.3 is 9.84 Å². The number of methoxy groups -OCH3 is 1. The predicted molar refractivity (Wildman–Crippen MR) is 35.5 cm³/mol. The van der Waals surface area contributed by atoms with Crippen LogP contribution in [0.25, 0.3) is 0 Å². The van der Waals surface area contributed by atoms with Gasteiger partial charge in [0.2, 0.25) is 5.76 Å². The van der Waals surface area contributed by atoms with Crippen LogP contribution in [0.15, 0.2) is 11.8 Å². The van der Waals surface area contributed by atoms with Gasteiger partial charge in [0, 0.05) is 0 Å². The zero-order chi connectivity index (χ0) is 7.28. The summed E-state index contributed by atoms with van der Waals surface area (Å²) in [6.45, 7) is 0. The van der Waals surface area contributed by atoms with Gasteiger partial charge >= 0.3 is 35.5 Å². The van der Waals surface area contributed by atoms with Crippen molar-refractivity contribution in [2.24, 2.45) is 0 Å². The van der Waals surface area contributed by atoms with Crippen molar-refractivity contribution in [3.63, 3.8) is 0 Å². The molecule has 0 radical (unpaired) electrons. The van der Waals surface area contributed by atoms with Gasteiger partial charge in [0.1, 0.15) is 0 Å². The molecule has 0 fully saturated rings. The van der Waals surface area contributed by atoms with Crippen molar-refractivity contribution >= 4 is 35.5 Å². The van der Waals surface area contributed by atoms with Crippen LogP contribution in [0.5, 0.6) is 0 Å². The van der Waals surface area contributed by atoms with Crippen molar-refractivity contribution < 1.29 is 14.6 Å². The van der Waals surface area contributed by atoms with Crippen molar-refractivity contribution in [2.45, 2.75) is 0 Å². The Morgan fingerprint density at radius 1 is 1.80 bits per heavy atom. The Bertz CT molecular complexity index is 182. The molecule has 0 aromatic rings. The molecule has 0 saturated carbocycles. The summed E-state index contributed by atoms with van der Waals surface area (Å²) in [5.41, 5.74) is 0. The van der Waals surface area contributed by atoms with Crippen LogP contribution in [0, 0.1) is 11.3 Å². The number of esters is 1. The van der Waals surface area contributed by atoms with Crippen LogP contribution in [0.3, 0.4) is 0 Å². The number of rotatable bonds is 1. The van der Waals surface area contributed by atoms with E-state index in [1.165, 1.54) is 6.07 Å². The second kappa shape index (κ2) is 6.62. The Labute approximate surface area is 80.4 Å². The van der Waals surface area contributed by atoms with E-state index in [2.05, 4.69) is 4.74 Å². The molecule has 0 spiro atoms. The molecule has 10 heavy (non-hydrogen) atoms. The third-order valence-electron chi connectivity index (χ3n) is 0.596. The molecule has 0 aliphatic rings. The third-order valence-corrected chi connectivity index (χ3v) is 0.596. The van der Waals surface area contributed by atoms with Crippen molar-refractivity contribution in [3.8, 4) is 6.07 Å². The van der Waals surface area contributed by atoms with Crippen molar-refractivity contribution in [1.29, 1.82) is 5.26 Å². The molecule has 1 N–H and O–H groups in total. The number of nitrogens with zero attached hydrogens (tertiary/aromatic N) is 1. The van der Waals surface area contributed by atoms with Gasteiger partial charge in [-0.2, -0.15) is 5.26 Å². The number of ether oxygens (including phenoxy) is 1. The summed E-state index contributed by atoms with van der Waals surface area (Å²) >= 11 is 0. The monoisotopic (exact) mass is 151 g/mol. The average molecular weight is 151 g/mol. The zero-order valence-corrected chi connectivity index (χ0v) is 4.79. The Morgan fingerprint density at radius 3 is 2.60 bits per heavy atom. The maximum atomic E-state index is 10.2. The minimum absolute atomic E-state index is 0. The second-order valence-corrected chi connectivity index (χ2v) is 1.15. The van der Waals surface area contributed by atoms with Crippen LogP contribution in [0.4, 0.5) is 0 Å². The van der Waals surface area contributed by atoms with Crippen molar-refractivity contribution in [3.05, 3.63) is 11.8 Å². The van der Waals surface area contributed by atoms with E-state index in [1.807, 2.05) is 0 Å². The minimum atomic E-state index is -0.906. The standard InChI is InChI=1S/C5H5NO3.Na.H/c1-9-5(8)4(7)2-3-6;;/h2,7H,1H3;;. The van der Waals surface area contributed by atoms with Crippen LogP contribution in [-0.4, -0.2) is 47.7 Å². The van der Waals surface area contributed by atoms with Crippen LogP contribution in [-0.2, 0) is 9.53 Å². The molecule has 0 aromatic carbocycles. The molecule has 0 aliphatic carbocycles. The number of hydrogen-bond acceptors (Lipinski definition) is 4. The molecule has 50 valence electrons. The summed E-state index contributed by atoms with van der Waals surface area (Å²) in [6, 6.07) is 1.47. The molecule has 0 aliphatic heterocycles. The van der Waals surface area contributed by atoms with Crippen molar-refractivity contribution in [1.82, 2.24) is 0 Å². The van der Waals surface area contributed by atoms with E-state index in [4.69, 9.17) is 10.4 Å². The quantitative estimate of drug-likeness (QED) is 0.180. The molecule has 0 bridgehead atoms. The van der Waals surface area contributed by atoms with Gasteiger partial charge in [-0.15, -0.1) is 0 Å². The molecule has 0 rings (SSSR count). The number of nitriles is 1. The Hall–Kier alpha value is -0.500. The second-order valence-electron chi connectivity index (χ2n) is 1.15. The fourth-order valence-corrected chi connectivity index (χ4v) is 0.225. The maximum absolute atomic E-state index is 10.2. The van der Waals surface area contributed by atoms with E-state index in [1.54, 1.807) is 0 Å². The molecule has 0 saturated heterocycles. The molecule has 0 aromatic heterocycles. The average Bonchev–Trinajstić information content (AvgIpc) is 1.87. The fourth-order valence-electron chi connectivity index (χ4n) is 0.225. The number of aliphatic hydroxyl groups excluding tert-OH is 1. The van der Waals surface area contributed by atoms with Crippen LogP contribution < -0.4 is 0 Å². The van der Waals surface area contributed by atoms with Gasteiger partial charge in [0.25, 0.3) is 0 Å². The number of hydrogen-bond donors (Lipinski definition) is 1. The SMILES string of the molecule is COC(=O)C(O)=CC#N.[NaH]. The Morgan fingerprint density at radius 2 is 2.30 bits per heavy atom. The summed E-state index contributed by atoms with van der Waals surface area (Å²) in [5, 5.41) is 16.4. The summed E-state index contributed by atoms with van der Waals surface area (Å²) in [4.78, 5) is 10.2. The zero-order valence-electron chi connectivity index (χ0n) is 4.79. The van der Waals surface area contributed by atoms with Crippen LogP contribution in [0.2, 0.25) is 0 Å². The van der Waals surface area contributed by atoms with Crippen LogP contribution >= 0.6 is 0 Å². The first-order valence-electron chi connectivity index (χ1n) is 2.09. The van der Waals surface area contributed by atoms with Gasteiger partial charge in [-0.1, -0.05) is 0 Å². The third kappa shape index (κ3) is 4.39. The Balaban J connectivity index is 0. The Kier molecular flexibility index (Phi) is 8.07. The summed E-state index contributed by atoms with van der Waals surface area (Å²) in [7, 11) is 1.11. The fraction of sp³-hybridized carbons (Fsp3) is 0.200. The first-order valence-corrected chi connectivity index (χ1v) is 2.09. The molecule has 0 unspecified atom stereocenters. The molecule has 0 atom stereocenters. The van der Waals surface area contributed by atoms with E-state index in [9.17, 15) is 4.79 Å². The van der Waals surface area contributed by atoms with Gasteiger partial charge in [0.05, 0.1) is 19.3 Å². The topological polar surface area (TPSA) is 70.3 Å². The number of aliphatic hydroxyl groups is 1. The molecule has 0 amide bonds. The molecule has 5 heteroatoms. The van der Waals surface area contributed by atoms with Gasteiger partial charge in [-0.25, -0.2) is 4.79 Å². The molecular formula is C5H6NNaO3. The van der Waals surface area contributed by atoms with Crippen LogP contribution in [0.1, 0.15) is 0 Å². The number of carbonyl (C=O) groups excluding carboxylic acids is 1. The first-order chi connectivity index (χ1) is 4.22. The number of carbonyl (C=O) groups is 1. The number of allylic oxidation sites excluding steroid dienone is 1. The van der Waals surface area contributed by atoms with E-state index < -0.39 is 11.7 Å². The predicted octanol–water partition coefficient (Wildman–Crippen LogP) is -0.524.